The molecule has 0 atom stereocenters. The molecule has 0 radical (unpaired) electrons. The number of hydrogen-bond donors (Lipinski definition) is 0. The van der Waals surface area contributed by atoms with E-state index in [4.69, 9.17) is 10.00 Å². The maximum Gasteiger partial charge on any atom is 0.145 e. The second-order valence-electron chi connectivity index (χ2n) is 3.49. The Balaban J connectivity index is 2.30. The third kappa shape index (κ3) is 2.58. The summed E-state index contributed by atoms with van der Waals surface area (Å²) < 4.78 is 18.4. The summed E-state index contributed by atoms with van der Waals surface area (Å²) in [5.41, 5.74) is 1.03. The maximum atomic E-state index is 12.9. The lowest BCUT2D eigenvalue weighted by Crippen LogP contribution is -1.90. The minimum absolute atomic E-state index is 0.158. The van der Waals surface area contributed by atoms with Crippen molar-refractivity contribution in [2.24, 2.45) is 0 Å². The van der Waals surface area contributed by atoms with Crippen molar-refractivity contribution >= 4 is 0 Å². The van der Waals surface area contributed by atoms with Gasteiger partial charge >= 0.3 is 0 Å². The van der Waals surface area contributed by atoms with Crippen LogP contribution < -0.4 is 4.74 Å². The molecule has 84 valence electrons. The van der Waals surface area contributed by atoms with Crippen LogP contribution in [-0.4, -0.2) is 4.98 Å². The topological polar surface area (TPSA) is 45.9 Å². The minimum atomic E-state index is -0.462. The van der Waals surface area contributed by atoms with Crippen LogP contribution in [0.4, 0.5) is 4.39 Å². The van der Waals surface area contributed by atoms with Crippen molar-refractivity contribution < 1.29 is 9.13 Å². The fourth-order valence-electron chi connectivity index (χ4n) is 1.32. The summed E-state index contributed by atoms with van der Waals surface area (Å²) >= 11 is 0. The molecule has 1 heterocycles. The summed E-state index contributed by atoms with van der Waals surface area (Å²) in [6.07, 6.45) is 1.56. The fraction of sp³-hybridized carbons (Fsp3) is 0.0769. The Morgan fingerprint density at radius 2 is 2.12 bits per heavy atom. The molecule has 3 nitrogen and oxygen atoms in total. The van der Waals surface area contributed by atoms with Crippen molar-refractivity contribution in [2.75, 3.05) is 0 Å². The molecule has 0 bridgehead atoms. The third-order valence-electron chi connectivity index (χ3n) is 2.17. The first-order valence-electron chi connectivity index (χ1n) is 4.99. The van der Waals surface area contributed by atoms with E-state index in [-0.39, 0.29) is 5.56 Å². The van der Waals surface area contributed by atoms with Gasteiger partial charge < -0.3 is 4.74 Å². The molecule has 2 aromatic rings. The monoisotopic (exact) mass is 228 g/mol. The number of ether oxygens (including phenoxy) is 1. The smallest absolute Gasteiger partial charge is 0.145 e. The molecular formula is C13H9FN2O. The van der Waals surface area contributed by atoms with E-state index in [9.17, 15) is 4.39 Å². The lowest BCUT2D eigenvalue weighted by Gasteiger charge is -2.06. The summed E-state index contributed by atoms with van der Waals surface area (Å²) in [6, 6.07) is 9.23. The highest BCUT2D eigenvalue weighted by molar-refractivity contribution is 5.45. The van der Waals surface area contributed by atoms with E-state index in [2.05, 4.69) is 4.98 Å². The van der Waals surface area contributed by atoms with E-state index in [0.29, 0.717) is 11.5 Å². The largest absolute Gasteiger partial charge is 0.454 e. The fourth-order valence-corrected chi connectivity index (χ4v) is 1.32. The summed E-state index contributed by atoms with van der Waals surface area (Å²) in [4.78, 5) is 4.07. The van der Waals surface area contributed by atoms with Crippen LogP contribution in [-0.2, 0) is 0 Å². The summed E-state index contributed by atoms with van der Waals surface area (Å²) in [5.74, 6) is 0.370. The van der Waals surface area contributed by atoms with Crippen molar-refractivity contribution in [3.05, 3.63) is 53.6 Å². The molecule has 0 aliphatic carbocycles. The van der Waals surface area contributed by atoms with Gasteiger partial charge in [0.1, 0.15) is 23.4 Å². The zero-order valence-electron chi connectivity index (χ0n) is 9.14. The molecule has 0 spiro atoms. The number of halogens is 1. The Morgan fingerprint density at radius 3 is 2.76 bits per heavy atom. The average Bonchev–Trinajstić information content (AvgIpc) is 2.34. The third-order valence-corrected chi connectivity index (χ3v) is 2.17. The van der Waals surface area contributed by atoms with Crippen LogP contribution >= 0.6 is 0 Å². The summed E-state index contributed by atoms with van der Waals surface area (Å²) in [5, 5.41) is 8.85. The Hall–Kier alpha value is -2.41. The highest BCUT2D eigenvalue weighted by atomic mass is 19.1. The molecule has 0 aliphatic heterocycles. The van der Waals surface area contributed by atoms with E-state index >= 15 is 0 Å². The summed E-state index contributed by atoms with van der Waals surface area (Å²) in [6.45, 7) is 1.86. The van der Waals surface area contributed by atoms with Gasteiger partial charge in [0.05, 0.1) is 11.8 Å². The van der Waals surface area contributed by atoms with Gasteiger partial charge in [0, 0.05) is 5.69 Å². The molecule has 1 aromatic carbocycles. The lowest BCUT2D eigenvalue weighted by molar-refractivity contribution is 0.476. The van der Waals surface area contributed by atoms with Gasteiger partial charge in [0.2, 0.25) is 0 Å². The Morgan fingerprint density at radius 1 is 1.29 bits per heavy atom. The molecule has 0 aliphatic rings. The maximum absolute atomic E-state index is 12.9. The van der Waals surface area contributed by atoms with Gasteiger partial charge in [-0.2, -0.15) is 5.26 Å². The average molecular weight is 228 g/mol. The summed E-state index contributed by atoms with van der Waals surface area (Å²) in [7, 11) is 0. The number of rotatable bonds is 2. The van der Waals surface area contributed by atoms with Gasteiger partial charge in [0.25, 0.3) is 0 Å². The second-order valence-corrected chi connectivity index (χ2v) is 3.49. The van der Waals surface area contributed by atoms with Crippen molar-refractivity contribution in [3.8, 4) is 17.6 Å². The molecule has 0 amide bonds. The van der Waals surface area contributed by atoms with Gasteiger partial charge in [-0.05, 0) is 37.3 Å². The SMILES string of the molecule is Cc1ccc(Oc2ccc(F)cc2C#N)cn1. The normalized spacial score (nSPS) is 9.71. The minimum Gasteiger partial charge on any atom is -0.454 e. The standard InChI is InChI=1S/C13H9FN2O/c1-9-2-4-12(8-16-9)17-13-5-3-11(14)6-10(13)7-15/h2-6,8H,1H3. The number of nitriles is 1. The van der Waals surface area contributed by atoms with E-state index in [0.717, 1.165) is 11.8 Å². The highest BCUT2D eigenvalue weighted by Gasteiger charge is 2.06. The van der Waals surface area contributed by atoms with Crippen molar-refractivity contribution in [2.45, 2.75) is 6.92 Å². The molecule has 17 heavy (non-hydrogen) atoms. The van der Waals surface area contributed by atoms with E-state index in [1.165, 1.54) is 12.1 Å². The van der Waals surface area contributed by atoms with Crippen molar-refractivity contribution in [3.63, 3.8) is 0 Å². The van der Waals surface area contributed by atoms with Gasteiger partial charge in [-0.1, -0.05) is 0 Å². The molecule has 0 saturated heterocycles. The molecule has 2 rings (SSSR count). The van der Waals surface area contributed by atoms with Crippen LogP contribution in [0.1, 0.15) is 11.3 Å². The second kappa shape index (κ2) is 4.62. The molecule has 0 N–H and O–H groups in total. The van der Waals surface area contributed by atoms with Gasteiger partial charge in [0.15, 0.2) is 0 Å². The Labute approximate surface area is 98.1 Å². The first-order chi connectivity index (χ1) is 8.19. The highest BCUT2D eigenvalue weighted by Crippen LogP contribution is 2.25. The number of pyridine rings is 1. The van der Waals surface area contributed by atoms with Crippen LogP contribution in [0.15, 0.2) is 36.5 Å². The van der Waals surface area contributed by atoms with Crippen LogP contribution in [0.5, 0.6) is 11.5 Å². The number of aromatic nitrogens is 1. The molecule has 1 aromatic heterocycles. The van der Waals surface area contributed by atoms with Crippen LogP contribution in [0.3, 0.4) is 0 Å². The molecule has 0 saturated carbocycles. The molecular weight excluding hydrogens is 219 g/mol. The van der Waals surface area contributed by atoms with Crippen LogP contribution in [0.25, 0.3) is 0 Å². The van der Waals surface area contributed by atoms with E-state index in [1.54, 1.807) is 18.3 Å². The van der Waals surface area contributed by atoms with Crippen molar-refractivity contribution in [1.82, 2.24) is 4.98 Å². The molecule has 4 heteroatoms. The Bertz CT molecular complexity index is 573. The Kier molecular flexibility index (Phi) is 3.01. The van der Waals surface area contributed by atoms with E-state index < -0.39 is 5.82 Å². The van der Waals surface area contributed by atoms with Crippen LogP contribution in [0.2, 0.25) is 0 Å². The quantitative estimate of drug-likeness (QED) is 0.792. The van der Waals surface area contributed by atoms with Gasteiger partial charge in [-0.25, -0.2) is 4.39 Å². The predicted molar refractivity (Wildman–Crippen MR) is 60.2 cm³/mol. The number of benzene rings is 1. The van der Waals surface area contributed by atoms with E-state index in [1.807, 2.05) is 13.0 Å². The zero-order valence-corrected chi connectivity index (χ0v) is 9.14. The van der Waals surface area contributed by atoms with Gasteiger partial charge in [-0.15, -0.1) is 0 Å². The van der Waals surface area contributed by atoms with Crippen molar-refractivity contribution in [1.29, 1.82) is 5.26 Å². The first-order valence-corrected chi connectivity index (χ1v) is 4.99. The molecule has 0 fully saturated rings. The van der Waals surface area contributed by atoms with Crippen LogP contribution in [0, 0.1) is 24.1 Å². The number of aryl methyl sites for hydroxylation is 1. The first kappa shape index (κ1) is 11.1. The predicted octanol–water partition coefficient (Wildman–Crippen LogP) is 3.19. The van der Waals surface area contributed by atoms with Gasteiger partial charge in [-0.3, -0.25) is 4.98 Å². The lowest BCUT2D eigenvalue weighted by atomic mass is 10.2. The zero-order chi connectivity index (χ0) is 12.3. The number of hydrogen-bond acceptors (Lipinski definition) is 3. The number of nitrogens with zero attached hydrogens (tertiary/aromatic N) is 2. The molecule has 0 unspecified atom stereocenters.